The molecule has 0 radical (unpaired) electrons. The van der Waals surface area contributed by atoms with Crippen LogP contribution in [0.4, 0.5) is 0 Å². The molecule has 0 unspecified atom stereocenters. The number of rotatable bonds is 6. The van der Waals surface area contributed by atoms with Gasteiger partial charge in [0, 0.05) is 6.21 Å². The van der Waals surface area contributed by atoms with Gasteiger partial charge in [-0.3, -0.25) is 4.79 Å². The summed E-state index contributed by atoms with van der Waals surface area (Å²) in [6.45, 7) is 5.23. The van der Waals surface area contributed by atoms with Crippen molar-refractivity contribution in [2.24, 2.45) is 5.10 Å². The number of furan rings is 1. The van der Waals surface area contributed by atoms with Crippen LogP contribution in [0.5, 0.6) is 0 Å². The number of carbonyl (C=O) groups excluding carboxylic acids is 1. The van der Waals surface area contributed by atoms with Crippen LogP contribution in [0.3, 0.4) is 0 Å². The zero-order valence-electron chi connectivity index (χ0n) is 10.9. The van der Waals surface area contributed by atoms with E-state index in [1.165, 1.54) is 19.4 Å². The Bertz CT molecular complexity index is 511. The molecule has 1 heterocycles. The van der Waals surface area contributed by atoms with E-state index in [9.17, 15) is 4.79 Å². The van der Waals surface area contributed by atoms with Crippen molar-refractivity contribution < 1.29 is 13.9 Å². The maximum Gasteiger partial charge on any atom is 0.274 e. The van der Waals surface area contributed by atoms with Gasteiger partial charge in [0.05, 0.1) is 18.9 Å². The number of allylic oxidation sites excluding steroid dienone is 2. The topological polar surface area (TPSA) is 63.8 Å². The summed E-state index contributed by atoms with van der Waals surface area (Å²) in [5.41, 5.74) is 2.71. The van der Waals surface area contributed by atoms with Crippen molar-refractivity contribution in [3.8, 4) is 0 Å². The Morgan fingerprint density at radius 3 is 2.95 bits per heavy atom. The Kier molecular flexibility index (Phi) is 5.88. The molecule has 0 bridgehead atoms. The first-order chi connectivity index (χ1) is 9.19. The predicted octanol–water partition coefficient (Wildman–Crippen LogP) is 2.50. The average molecular weight is 260 g/mol. The molecule has 1 aromatic rings. The first-order valence-electron chi connectivity index (χ1n) is 5.60. The zero-order valence-corrected chi connectivity index (χ0v) is 10.9. The van der Waals surface area contributed by atoms with E-state index in [2.05, 4.69) is 17.1 Å². The van der Waals surface area contributed by atoms with Gasteiger partial charge in [0.1, 0.15) is 11.5 Å². The molecule has 19 heavy (non-hydrogen) atoms. The molecule has 0 aliphatic heterocycles. The largest absolute Gasteiger partial charge is 0.501 e. The van der Waals surface area contributed by atoms with Gasteiger partial charge in [0.2, 0.25) is 0 Å². The zero-order chi connectivity index (χ0) is 14.1. The lowest BCUT2D eigenvalue weighted by atomic mass is 10.2. The average Bonchev–Trinajstić information content (AvgIpc) is 2.92. The standard InChI is InChI=1S/C14H16N2O3/c1-4-13(11(2)18-3)14(17)16-15-9-5-7-12-8-6-10-19-12/h4-10H,1H2,2-3H3,(H,16,17)/b7-5-,13-11+,15-9+. The number of amides is 1. The third-order valence-electron chi connectivity index (χ3n) is 2.26. The van der Waals surface area contributed by atoms with Crippen LogP contribution in [-0.4, -0.2) is 19.2 Å². The number of hydrogen-bond donors (Lipinski definition) is 1. The van der Waals surface area contributed by atoms with Crippen molar-refractivity contribution in [1.29, 1.82) is 0 Å². The van der Waals surface area contributed by atoms with E-state index in [-0.39, 0.29) is 5.91 Å². The first-order valence-corrected chi connectivity index (χ1v) is 5.60. The number of methoxy groups -OCH3 is 1. The van der Waals surface area contributed by atoms with Gasteiger partial charge in [-0.1, -0.05) is 12.7 Å². The summed E-state index contributed by atoms with van der Waals surface area (Å²) in [6, 6.07) is 3.59. The second-order valence-corrected chi connectivity index (χ2v) is 3.47. The molecular formula is C14H16N2O3. The lowest BCUT2D eigenvalue weighted by Crippen LogP contribution is -2.19. The summed E-state index contributed by atoms with van der Waals surface area (Å²) in [4.78, 5) is 11.7. The minimum Gasteiger partial charge on any atom is -0.501 e. The van der Waals surface area contributed by atoms with E-state index >= 15 is 0 Å². The van der Waals surface area contributed by atoms with Gasteiger partial charge in [-0.25, -0.2) is 5.43 Å². The summed E-state index contributed by atoms with van der Waals surface area (Å²) in [7, 11) is 1.49. The number of hydrogen-bond acceptors (Lipinski definition) is 4. The Balaban J connectivity index is 2.52. The second kappa shape index (κ2) is 7.71. The van der Waals surface area contributed by atoms with Crippen LogP contribution in [0.1, 0.15) is 12.7 Å². The molecule has 5 heteroatoms. The van der Waals surface area contributed by atoms with E-state index in [1.807, 2.05) is 6.07 Å². The van der Waals surface area contributed by atoms with Crippen molar-refractivity contribution >= 4 is 18.2 Å². The number of nitrogens with one attached hydrogen (secondary N) is 1. The smallest absolute Gasteiger partial charge is 0.274 e. The predicted molar refractivity (Wildman–Crippen MR) is 74.3 cm³/mol. The highest BCUT2D eigenvalue weighted by Crippen LogP contribution is 2.05. The lowest BCUT2D eigenvalue weighted by molar-refractivity contribution is -0.117. The molecule has 0 aliphatic carbocycles. The van der Waals surface area contributed by atoms with Crippen LogP contribution in [-0.2, 0) is 9.53 Å². The maximum absolute atomic E-state index is 11.7. The van der Waals surface area contributed by atoms with Crippen molar-refractivity contribution in [3.63, 3.8) is 0 Å². The molecule has 1 N–H and O–H groups in total. The van der Waals surface area contributed by atoms with E-state index < -0.39 is 0 Å². The Hall–Kier alpha value is -2.56. The summed E-state index contributed by atoms with van der Waals surface area (Å²) in [5, 5.41) is 3.77. The molecule has 0 saturated heterocycles. The number of hydrazone groups is 1. The van der Waals surface area contributed by atoms with Gasteiger partial charge in [-0.15, -0.1) is 0 Å². The van der Waals surface area contributed by atoms with Crippen LogP contribution in [0.2, 0.25) is 0 Å². The summed E-state index contributed by atoms with van der Waals surface area (Å²) in [6.07, 6.45) is 7.82. The van der Waals surface area contributed by atoms with Gasteiger partial charge >= 0.3 is 0 Å². The second-order valence-electron chi connectivity index (χ2n) is 3.47. The fourth-order valence-corrected chi connectivity index (χ4v) is 1.23. The first kappa shape index (κ1) is 14.5. The Morgan fingerprint density at radius 2 is 2.37 bits per heavy atom. The molecule has 0 aromatic carbocycles. The molecule has 1 rings (SSSR count). The quantitative estimate of drug-likeness (QED) is 0.281. The van der Waals surface area contributed by atoms with Crippen LogP contribution in [0, 0.1) is 0 Å². The monoisotopic (exact) mass is 260 g/mol. The van der Waals surface area contributed by atoms with Crippen molar-refractivity contribution in [2.45, 2.75) is 6.92 Å². The van der Waals surface area contributed by atoms with Crippen LogP contribution in [0.15, 0.2) is 58.0 Å². The van der Waals surface area contributed by atoms with Gasteiger partial charge in [-0.2, -0.15) is 5.10 Å². The fraction of sp³-hybridized carbons (Fsp3) is 0.143. The lowest BCUT2D eigenvalue weighted by Gasteiger charge is -2.04. The molecule has 0 aliphatic rings. The van der Waals surface area contributed by atoms with E-state index in [0.29, 0.717) is 17.1 Å². The van der Waals surface area contributed by atoms with E-state index in [4.69, 9.17) is 9.15 Å². The van der Waals surface area contributed by atoms with Crippen LogP contribution >= 0.6 is 0 Å². The third kappa shape index (κ3) is 4.67. The van der Waals surface area contributed by atoms with E-state index in [0.717, 1.165) is 0 Å². The molecule has 1 amide bonds. The molecule has 0 fully saturated rings. The Morgan fingerprint density at radius 1 is 1.58 bits per heavy atom. The highest BCUT2D eigenvalue weighted by molar-refractivity contribution is 5.96. The SMILES string of the molecule is C=C/C(C(=O)N/N=C/C=C\c1ccco1)=C(/C)OC. The summed E-state index contributed by atoms with van der Waals surface area (Å²) >= 11 is 0. The normalized spacial score (nSPS) is 12.5. The molecule has 5 nitrogen and oxygen atoms in total. The highest BCUT2D eigenvalue weighted by atomic mass is 16.5. The minimum absolute atomic E-state index is 0.342. The van der Waals surface area contributed by atoms with E-state index in [1.54, 1.807) is 31.4 Å². The number of carbonyl (C=O) groups is 1. The van der Waals surface area contributed by atoms with Crippen molar-refractivity contribution in [2.75, 3.05) is 7.11 Å². The number of nitrogens with zero attached hydrogens (tertiary/aromatic N) is 1. The van der Waals surface area contributed by atoms with Gasteiger partial charge in [-0.05, 0) is 31.2 Å². The minimum atomic E-state index is -0.378. The molecule has 0 spiro atoms. The highest BCUT2D eigenvalue weighted by Gasteiger charge is 2.08. The van der Waals surface area contributed by atoms with Gasteiger partial charge in [0.15, 0.2) is 0 Å². The molecule has 0 saturated carbocycles. The number of ether oxygens (including phenoxy) is 1. The van der Waals surface area contributed by atoms with Crippen molar-refractivity contribution in [1.82, 2.24) is 5.43 Å². The summed E-state index contributed by atoms with van der Waals surface area (Å²) in [5.74, 6) is 0.811. The molecular weight excluding hydrogens is 244 g/mol. The maximum atomic E-state index is 11.7. The van der Waals surface area contributed by atoms with Gasteiger partial charge in [0.25, 0.3) is 5.91 Å². The molecule has 0 atom stereocenters. The van der Waals surface area contributed by atoms with Crippen LogP contribution < -0.4 is 5.43 Å². The molecule has 100 valence electrons. The van der Waals surface area contributed by atoms with Crippen molar-refractivity contribution in [3.05, 3.63) is 54.2 Å². The Labute approximate surface area is 111 Å². The third-order valence-corrected chi connectivity index (χ3v) is 2.26. The van der Waals surface area contributed by atoms with Gasteiger partial charge < -0.3 is 9.15 Å². The summed E-state index contributed by atoms with van der Waals surface area (Å²) < 4.78 is 10.1. The van der Waals surface area contributed by atoms with Crippen LogP contribution in [0.25, 0.3) is 6.08 Å². The fourth-order valence-electron chi connectivity index (χ4n) is 1.23. The molecule has 1 aromatic heterocycles.